The third kappa shape index (κ3) is 5.84. The molecular formula is C29H36Br2N2. The summed E-state index contributed by atoms with van der Waals surface area (Å²) < 4.78 is 2.18. The molecule has 0 spiro atoms. The summed E-state index contributed by atoms with van der Waals surface area (Å²) in [6.45, 7) is 17.4. The lowest BCUT2D eigenvalue weighted by atomic mass is 9.81. The molecule has 3 rings (SSSR count). The van der Waals surface area contributed by atoms with Crippen LogP contribution < -0.4 is 9.80 Å². The largest absolute Gasteiger partial charge is 0.372 e. The molecule has 0 N–H and O–H groups in total. The Hall–Kier alpha value is -1.78. The Morgan fingerprint density at radius 1 is 0.606 bits per heavy atom. The highest BCUT2D eigenvalue weighted by atomic mass is 79.9. The molecule has 4 heteroatoms. The van der Waals surface area contributed by atoms with Gasteiger partial charge in [0, 0.05) is 52.4 Å². The molecule has 3 aromatic rings. The summed E-state index contributed by atoms with van der Waals surface area (Å²) in [6.07, 6.45) is 0. The van der Waals surface area contributed by atoms with Crippen LogP contribution in [0.3, 0.4) is 0 Å². The van der Waals surface area contributed by atoms with Crippen LogP contribution in [0.25, 0.3) is 0 Å². The molecule has 0 saturated heterocycles. The maximum atomic E-state index is 3.72. The lowest BCUT2D eigenvalue weighted by Gasteiger charge is -2.27. The summed E-state index contributed by atoms with van der Waals surface area (Å²) >= 11 is 7.44. The predicted molar refractivity (Wildman–Crippen MR) is 152 cm³/mol. The molecule has 0 radical (unpaired) electrons. The molecule has 0 amide bonds. The fraction of sp³-hybridized carbons (Fsp3) is 0.379. The second-order valence-corrected chi connectivity index (χ2v) is 10.4. The smallest absolute Gasteiger partial charge is 0.0368 e. The van der Waals surface area contributed by atoms with E-state index in [1.807, 2.05) is 0 Å². The van der Waals surface area contributed by atoms with Crippen LogP contribution in [0.5, 0.6) is 0 Å². The van der Waals surface area contributed by atoms with Crippen molar-refractivity contribution >= 4 is 43.2 Å². The van der Waals surface area contributed by atoms with Gasteiger partial charge < -0.3 is 9.80 Å². The molecule has 0 heterocycles. The third-order valence-corrected chi connectivity index (χ3v) is 7.52. The van der Waals surface area contributed by atoms with Gasteiger partial charge in [0.05, 0.1) is 0 Å². The molecule has 0 atom stereocenters. The number of benzene rings is 3. The second kappa shape index (κ2) is 11.6. The van der Waals surface area contributed by atoms with Gasteiger partial charge in [-0.1, -0.05) is 44.0 Å². The van der Waals surface area contributed by atoms with E-state index in [0.29, 0.717) is 0 Å². The quantitative estimate of drug-likeness (QED) is 0.237. The van der Waals surface area contributed by atoms with Gasteiger partial charge in [-0.25, -0.2) is 0 Å². The minimum atomic E-state index is 0.162. The summed E-state index contributed by atoms with van der Waals surface area (Å²) in [7, 11) is 0. The molecule has 2 nitrogen and oxygen atoms in total. The van der Waals surface area contributed by atoms with Gasteiger partial charge in [-0.05, 0) is 112 Å². The molecule has 0 aliphatic rings. The van der Waals surface area contributed by atoms with Gasteiger partial charge in [0.2, 0.25) is 0 Å². The van der Waals surface area contributed by atoms with Gasteiger partial charge >= 0.3 is 0 Å². The Morgan fingerprint density at radius 3 is 1.33 bits per heavy atom. The molecule has 0 saturated carbocycles. The van der Waals surface area contributed by atoms with E-state index in [0.717, 1.165) is 35.1 Å². The molecule has 3 aromatic carbocycles. The van der Waals surface area contributed by atoms with Crippen LogP contribution in [0, 0.1) is 13.8 Å². The summed E-state index contributed by atoms with van der Waals surface area (Å²) in [5.74, 6) is 0.162. The third-order valence-electron chi connectivity index (χ3n) is 6.60. The zero-order chi connectivity index (χ0) is 24.1. The van der Waals surface area contributed by atoms with Gasteiger partial charge in [0.15, 0.2) is 0 Å². The molecule has 0 unspecified atom stereocenters. The Bertz CT molecular complexity index is 1000. The van der Waals surface area contributed by atoms with Crippen LogP contribution in [-0.2, 0) is 0 Å². The molecule has 0 aliphatic heterocycles. The van der Waals surface area contributed by atoms with E-state index >= 15 is 0 Å². The number of nitrogens with zero attached hydrogens (tertiary/aromatic N) is 2. The van der Waals surface area contributed by atoms with Crippen LogP contribution in [0.2, 0.25) is 0 Å². The van der Waals surface area contributed by atoms with Gasteiger partial charge in [-0.3, -0.25) is 0 Å². The molecule has 33 heavy (non-hydrogen) atoms. The Balaban J connectivity index is 2.18. The molecule has 176 valence electrons. The number of aryl methyl sites for hydroxylation is 2. The van der Waals surface area contributed by atoms with E-state index in [1.165, 1.54) is 39.2 Å². The van der Waals surface area contributed by atoms with Crippen LogP contribution in [0.1, 0.15) is 61.4 Å². The van der Waals surface area contributed by atoms with Crippen molar-refractivity contribution in [1.82, 2.24) is 0 Å². The highest BCUT2D eigenvalue weighted by molar-refractivity contribution is 9.11. The topological polar surface area (TPSA) is 6.48 Å². The standard InChI is InChI=1S/C29H36Br2N2/c1-7-32(8-2)25-11-13-27(20(5)15-25)29(22-17-23(30)19-24(31)18-22)28-14-12-26(16-21(28)6)33(9-3)10-4/h11-19,29H,7-10H2,1-6H3. The van der Waals surface area contributed by atoms with Gasteiger partial charge in [0.25, 0.3) is 0 Å². The van der Waals surface area contributed by atoms with Crippen molar-refractivity contribution in [1.29, 1.82) is 0 Å². The number of anilines is 2. The normalized spacial score (nSPS) is 11.2. The zero-order valence-corrected chi connectivity index (χ0v) is 23.9. The van der Waals surface area contributed by atoms with Crippen LogP contribution >= 0.6 is 31.9 Å². The van der Waals surface area contributed by atoms with Crippen molar-refractivity contribution in [3.05, 3.63) is 91.4 Å². The van der Waals surface area contributed by atoms with E-state index in [4.69, 9.17) is 0 Å². The maximum Gasteiger partial charge on any atom is 0.0368 e. The summed E-state index contributed by atoms with van der Waals surface area (Å²) in [6, 6.07) is 20.6. The minimum absolute atomic E-state index is 0.162. The van der Waals surface area contributed by atoms with Crippen molar-refractivity contribution in [2.24, 2.45) is 0 Å². The maximum absolute atomic E-state index is 3.72. The van der Waals surface area contributed by atoms with Gasteiger partial charge in [-0.15, -0.1) is 0 Å². The average molecular weight is 572 g/mol. The first kappa shape index (κ1) is 25.8. The highest BCUT2D eigenvalue weighted by Crippen LogP contribution is 2.39. The van der Waals surface area contributed by atoms with Crippen molar-refractivity contribution < 1.29 is 0 Å². The fourth-order valence-corrected chi connectivity index (χ4v) is 6.14. The lowest BCUT2D eigenvalue weighted by Crippen LogP contribution is -2.22. The molecule has 0 aliphatic carbocycles. The molecule has 0 aromatic heterocycles. The zero-order valence-electron chi connectivity index (χ0n) is 20.8. The highest BCUT2D eigenvalue weighted by Gasteiger charge is 2.22. The van der Waals surface area contributed by atoms with Crippen molar-refractivity contribution in [3.63, 3.8) is 0 Å². The van der Waals surface area contributed by atoms with Crippen molar-refractivity contribution in [3.8, 4) is 0 Å². The number of rotatable bonds is 9. The molecule has 0 bridgehead atoms. The summed E-state index contributed by atoms with van der Waals surface area (Å²) in [4.78, 5) is 4.82. The Kier molecular flexibility index (Phi) is 9.06. The summed E-state index contributed by atoms with van der Waals surface area (Å²) in [5, 5.41) is 0. The van der Waals surface area contributed by atoms with Crippen molar-refractivity contribution in [2.75, 3.05) is 36.0 Å². The summed E-state index contributed by atoms with van der Waals surface area (Å²) in [5.41, 5.74) is 9.24. The first-order valence-corrected chi connectivity index (χ1v) is 13.6. The van der Waals surface area contributed by atoms with E-state index in [-0.39, 0.29) is 5.92 Å². The second-order valence-electron chi connectivity index (χ2n) is 8.56. The Morgan fingerprint density at radius 2 is 1.00 bits per heavy atom. The number of hydrogen-bond donors (Lipinski definition) is 0. The monoisotopic (exact) mass is 570 g/mol. The molecular weight excluding hydrogens is 536 g/mol. The average Bonchev–Trinajstić information content (AvgIpc) is 2.77. The SMILES string of the molecule is CCN(CC)c1ccc(C(c2cc(Br)cc(Br)c2)c2ccc(N(CC)CC)cc2C)c(C)c1. The van der Waals surface area contributed by atoms with Gasteiger partial charge in [0.1, 0.15) is 0 Å². The van der Waals surface area contributed by atoms with Crippen LogP contribution in [0.15, 0.2) is 63.5 Å². The Labute approximate surface area is 217 Å². The van der Waals surface area contributed by atoms with Crippen molar-refractivity contribution in [2.45, 2.75) is 47.5 Å². The van der Waals surface area contributed by atoms with Gasteiger partial charge in [-0.2, -0.15) is 0 Å². The van der Waals surface area contributed by atoms with Crippen LogP contribution in [0.4, 0.5) is 11.4 Å². The molecule has 0 fully saturated rings. The first-order chi connectivity index (χ1) is 15.8. The van der Waals surface area contributed by atoms with E-state index < -0.39 is 0 Å². The number of halogens is 2. The lowest BCUT2D eigenvalue weighted by molar-refractivity contribution is 0.859. The fourth-order valence-electron chi connectivity index (χ4n) is 4.81. The minimum Gasteiger partial charge on any atom is -0.372 e. The van der Waals surface area contributed by atoms with E-state index in [2.05, 4.69) is 138 Å². The van der Waals surface area contributed by atoms with E-state index in [9.17, 15) is 0 Å². The number of hydrogen-bond acceptors (Lipinski definition) is 2. The predicted octanol–water partition coefficient (Wildman–Crippen LogP) is 8.70. The van der Waals surface area contributed by atoms with Crippen LogP contribution in [-0.4, -0.2) is 26.2 Å². The first-order valence-electron chi connectivity index (χ1n) is 12.0. The van der Waals surface area contributed by atoms with E-state index in [1.54, 1.807) is 0 Å².